The second kappa shape index (κ2) is 4.36. The number of benzene rings is 1. The van der Waals surface area contributed by atoms with Crippen LogP contribution < -0.4 is 5.73 Å². The Bertz CT molecular complexity index is 439. The normalized spacial score (nSPS) is 10.9. The van der Waals surface area contributed by atoms with Crippen LogP contribution in [0.15, 0.2) is 12.1 Å². The van der Waals surface area contributed by atoms with Gasteiger partial charge in [0.05, 0.1) is 0 Å². The molecule has 0 aliphatic rings. The predicted molar refractivity (Wildman–Crippen MR) is 60.8 cm³/mol. The molecule has 0 radical (unpaired) electrons. The Morgan fingerprint density at radius 2 is 2.13 bits per heavy atom. The van der Waals surface area contributed by atoms with Crippen LogP contribution >= 0.6 is 11.6 Å². The SMILES string of the molecule is Cc1cc(O)c(/C=C\C(N)=O)c(C)c1Cl. The van der Waals surface area contributed by atoms with Gasteiger partial charge < -0.3 is 10.8 Å². The van der Waals surface area contributed by atoms with E-state index in [-0.39, 0.29) is 5.75 Å². The third-order valence-corrected chi connectivity index (χ3v) is 2.70. The minimum absolute atomic E-state index is 0.0897. The molecule has 1 aromatic carbocycles. The number of hydrogen-bond acceptors (Lipinski definition) is 2. The Labute approximate surface area is 93.2 Å². The average Bonchev–Trinajstić information content (AvgIpc) is 2.14. The van der Waals surface area contributed by atoms with Gasteiger partial charge in [0.25, 0.3) is 0 Å². The van der Waals surface area contributed by atoms with Crippen molar-refractivity contribution in [2.45, 2.75) is 13.8 Å². The van der Waals surface area contributed by atoms with Crippen LogP contribution in [0.5, 0.6) is 5.75 Å². The van der Waals surface area contributed by atoms with E-state index in [1.54, 1.807) is 19.9 Å². The van der Waals surface area contributed by atoms with E-state index in [2.05, 4.69) is 0 Å². The molecule has 1 amide bonds. The van der Waals surface area contributed by atoms with Crippen molar-refractivity contribution in [2.24, 2.45) is 5.73 Å². The molecule has 3 N–H and O–H groups in total. The second-order valence-electron chi connectivity index (χ2n) is 3.30. The zero-order valence-corrected chi connectivity index (χ0v) is 9.30. The number of phenols is 1. The highest BCUT2D eigenvalue weighted by molar-refractivity contribution is 6.32. The molecule has 80 valence electrons. The van der Waals surface area contributed by atoms with Crippen molar-refractivity contribution >= 4 is 23.6 Å². The van der Waals surface area contributed by atoms with Crippen LogP contribution in [0, 0.1) is 13.8 Å². The molecule has 1 rings (SSSR count). The van der Waals surface area contributed by atoms with Crippen LogP contribution in [0.25, 0.3) is 6.08 Å². The summed E-state index contributed by atoms with van der Waals surface area (Å²) in [6.45, 7) is 3.58. The van der Waals surface area contributed by atoms with E-state index in [9.17, 15) is 9.90 Å². The van der Waals surface area contributed by atoms with Gasteiger partial charge in [-0.3, -0.25) is 4.79 Å². The van der Waals surface area contributed by atoms with Gasteiger partial charge in [0.2, 0.25) is 5.91 Å². The van der Waals surface area contributed by atoms with Crippen LogP contribution in [0.2, 0.25) is 5.02 Å². The lowest BCUT2D eigenvalue weighted by molar-refractivity contribution is -0.113. The summed E-state index contributed by atoms with van der Waals surface area (Å²) >= 11 is 6.01. The molecule has 3 nitrogen and oxygen atoms in total. The van der Waals surface area contributed by atoms with Gasteiger partial charge in [-0.05, 0) is 37.1 Å². The number of halogens is 1. The zero-order chi connectivity index (χ0) is 11.6. The van der Waals surface area contributed by atoms with E-state index in [1.807, 2.05) is 0 Å². The van der Waals surface area contributed by atoms with Crippen molar-refractivity contribution in [3.63, 3.8) is 0 Å². The van der Waals surface area contributed by atoms with Crippen LogP contribution in [0.3, 0.4) is 0 Å². The lowest BCUT2D eigenvalue weighted by Gasteiger charge is -2.08. The number of amides is 1. The second-order valence-corrected chi connectivity index (χ2v) is 3.68. The molecule has 0 atom stereocenters. The summed E-state index contributed by atoms with van der Waals surface area (Å²) in [6.07, 6.45) is 2.64. The Morgan fingerprint density at radius 1 is 1.53 bits per heavy atom. The number of rotatable bonds is 2. The number of aromatic hydroxyl groups is 1. The third kappa shape index (κ3) is 2.50. The fourth-order valence-electron chi connectivity index (χ4n) is 1.33. The van der Waals surface area contributed by atoms with Gasteiger partial charge in [-0.2, -0.15) is 0 Å². The van der Waals surface area contributed by atoms with E-state index >= 15 is 0 Å². The molecule has 0 aliphatic heterocycles. The summed E-state index contributed by atoms with van der Waals surface area (Å²) < 4.78 is 0. The molecule has 0 bridgehead atoms. The molecule has 0 unspecified atom stereocenters. The van der Waals surface area contributed by atoms with Crippen molar-refractivity contribution < 1.29 is 9.90 Å². The van der Waals surface area contributed by atoms with Crippen molar-refractivity contribution in [3.05, 3.63) is 33.9 Å². The van der Waals surface area contributed by atoms with E-state index in [4.69, 9.17) is 17.3 Å². The van der Waals surface area contributed by atoms with Gasteiger partial charge in [-0.25, -0.2) is 0 Å². The number of hydrogen-bond donors (Lipinski definition) is 2. The fraction of sp³-hybridized carbons (Fsp3) is 0.182. The molecular formula is C11H12ClNO2. The van der Waals surface area contributed by atoms with Crippen molar-refractivity contribution in [3.8, 4) is 5.75 Å². The highest BCUT2D eigenvalue weighted by Gasteiger charge is 2.08. The Hall–Kier alpha value is -1.48. The van der Waals surface area contributed by atoms with E-state index in [1.165, 1.54) is 12.2 Å². The van der Waals surface area contributed by atoms with Crippen LogP contribution in [0.4, 0.5) is 0 Å². The summed E-state index contributed by atoms with van der Waals surface area (Å²) in [4.78, 5) is 10.6. The predicted octanol–water partition coefficient (Wildman–Crippen LogP) is 2.16. The third-order valence-electron chi connectivity index (χ3n) is 2.12. The van der Waals surface area contributed by atoms with Gasteiger partial charge in [0.15, 0.2) is 0 Å². The van der Waals surface area contributed by atoms with Crippen LogP contribution in [-0.2, 0) is 4.79 Å². The van der Waals surface area contributed by atoms with Crippen molar-refractivity contribution in [1.29, 1.82) is 0 Å². The first-order valence-corrected chi connectivity index (χ1v) is 4.77. The lowest BCUT2D eigenvalue weighted by Crippen LogP contribution is -2.05. The topological polar surface area (TPSA) is 63.3 Å². The molecule has 0 aliphatic carbocycles. The standard InChI is InChI=1S/C11H12ClNO2/c1-6-5-9(14)8(3-4-10(13)15)7(2)11(6)12/h3-5,14H,1-2H3,(H2,13,15)/b4-3-. The summed E-state index contributed by atoms with van der Waals surface area (Å²) in [5, 5.41) is 10.2. The minimum Gasteiger partial charge on any atom is -0.507 e. The summed E-state index contributed by atoms with van der Waals surface area (Å²) in [5.74, 6) is -0.475. The highest BCUT2D eigenvalue weighted by atomic mass is 35.5. The lowest BCUT2D eigenvalue weighted by atomic mass is 10.0. The van der Waals surface area contributed by atoms with Crippen molar-refractivity contribution in [1.82, 2.24) is 0 Å². The first-order valence-electron chi connectivity index (χ1n) is 4.39. The van der Waals surface area contributed by atoms with Gasteiger partial charge in [-0.15, -0.1) is 0 Å². The van der Waals surface area contributed by atoms with E-state index in [0.29, 0.717) is 10.6 Å². The van der Waals surface area contributed by atoms with Crippen LogP contribution in [0.1, 0.15) is 16.7 Å². The smallest absolute Gasteiger partial charge is 0.241 e. The number of carbonyl (C=O) groups is 1. The monoisotopic (exact) mass is 225 g/mol. The van der Waals surface area contributed by atoms with Gasteiger partial charge in [0.1, 0.15) is 5.75 Å². The Kier molecular flexibility index (Phi) is 3.37. The van der Waals surface area contributed by atoms with Gasteiger partial charge in [0, 0.05) is 16.7 Å². The average molecular weight is 226 g/mol. The first kappa shape index (κ1) is 11.6. The maximum atomic E-state index is 10.6. The quantitative estimate of drug-likeness (QED) is 0.758. The molecule has 0 aromatic heterocycles. The maximum absolute atomic E-state index is 10.6. The number of aryl methyl sites for hydroxylation is 1. The summed E-state index contributed by atoms with van der Waals surface area (Å²) in [5.41, 5.74) is 7.01. The van der Waals surface area contributed by atoms with E-state index in [0.717, 1.165) is 11.1 Å². The number of nitrogens with two attached hydrogens (primary N) is 1. The van der Waals surface area contributed by atoms with Crippen molar-refractivity contribution in [2.75, 3.05) is 0 Å². The molecular weight excluding hydrogens is 214 g/mol. The van der Waals surface area contributed by atoms with Gasteiger partial charge in [-0.1, -0.05) is 11.6 Å². The molecule has 15 heavy (non-hydrogen) atoms. The summed E-state index contributed by atoms with van der Waals surface area (Å²) in [7, 11) is 0. The molecule has 0 saturated carbocycles. The summed E-state index contributed by atoms with van der Waals surface area (Å²) in [6, 6.07) is 1.55. The molecule has 0 saturated heterocycles. The van der Waals surface area contributed by atoms with Gasteiger partial charge >= 0.3 is 0 Å². The molecule has 0 heterocycles. The number of primary amides is 1. The molecule has 0 fully saturated rings. The molecule has 1 aromatic rings. The molecule has 0 spiro atoms. The zero-order valence-electron chi connectivity index (χ0n) is 8.54. The Balaban J connectivity index is 3.30. The minimum atomic E-state index is -0.564. The van der Waals surface area contributed by atoms with E-state index < -0.39 is 5.91 Å². The number of carbonyl (C=O) groups excluding carboxylic acids is 1. The molecule has 4 heteroatoms. The maximum Gasteiger partial charge on any atom is 0.241 e. The van der Waals surface area contributed by atoms with Crippen LogP contribution in [-0.4, -0.2) is 11.0 Å². The fourth-order valence-corrected chi connectivity index (χ4v) is 1.48. The first-order chi connectivity index (χ1) is 6.93. The Morgan fingerprint density at radius 3 is 2.67 bits per heavy atom. The largest absolute Gasteiger partial charge is 0.507 e. The number of phenolic OH excluding ortho intramolecular Hbond substituents is 1. The highest BCUT2D eigenvalue weighted by Crippen LogP contribution is 2.31.